The fourth-order valence-electron chi connectivity index (χ4n) is 8.44. The summed E-state index contributed by atoms with van der Waals surface area (Å²) in [6.45, 7) is 11.6. The molecule has 3 saturated heterocycles. The molecule has 2 aromatic rings. The minimum atomic E-state index is -0.771. The van der Waals surface area contributed by atoms with Crippen molar-refractivity contribution in [2.24, 2.45) is 0 Å². The van der Waals surface area contributed by atoms with Gasteiger partial charge in [0.1, 0.15) is 11.6 Å². The number of halogens is 1. The van der Waals surface area contributed by atoms with Gasteiger partial charge in [0.2, 0.25) is 23.6 Å². The van der Waals surface area contributed by atoms with E-state index in [0.717, 1.165) is 50.9 Å². The Morgan fingerprint density at radius 3 is 2.40 bits per heavy atom. The molecule has 6 rings (SSSR count). The zero-order valence-corrected chi connectivity index (χ0v) is 32.4. The lowest BCUT2D eigenvalue weighted by molar-refractivity contribution is -0.134. The van der Waals surface area contributed by atoms with Gasteiger partial charge in [0, 0.05) is 49.9 Å². The summed E-state index contributed by atoms with van der Waals surface area (Å²) in [5.41, 5.74) is 0.886. The van der Waals surface area contributed by atoms with Crippen LogP contribution in [0.2, 0.25) is 5.02 Å². The Kier molecular flexibility index (Phi) is 12.1. The summed E-state index contributed by atoms with van der Waals surface area (Å²) in [5.74, 6) is -1.03. The van der Waals surface area contributed by atoms with Gasteiger partial charge in [-0.15, -0.1) is 12.6 Å². The molecule has 284 valence electrons. The predicted octanol–water partition coefficient (Wildman–Crippen LogP) is 4.13. The van der Waals surface area contributed by atoms with Crippen LogP contribution in [0.25, 0.3) is 0 Å². The molecule has 3 aliphatic heterocycles. The summed E-state index contributed by atoms with van der Waals surface area (Å²) >= 11 is 11.1. The van der Waals surface area contributed by atoms with Crippen LogP contribution in [0.4, 0.5) is 11.4 Å². The third-order valence-corrected chi connectivity index (χ3v) is 12.0. The fourth-order valence-corrected chi connectivity index (χ4v) is 9.35. The molecule has 4 heterocycles. The number of rotatable bonds is 10. The lowest BCUT2D eigenvalue weighted by Gasteiger charge is -2.44. The molecule has 4 aliphatic rings. The summed E-state index contributed by atoms with van der Waals surface area (Å²) < 4.78 is 6.39. The van der Waals surface area contributed by atoms with Crippen LogP contribution in [-0.2, 0) is 23.9 Å². The van der Waals surface area contributed by atoms with E-state index in [4.69, 9.17) is 29.0 Å². The first-order valence-electron chi connectivity index (χ1n) is 18.5. The first-order chi connectivity index (χ1) is 25.3. The molecule has 1 saturated carbocycles. The molecular formula is C38H49ClN8O5S. The molecule has 1 aliphatic carbocycles. The number of carbonyl (C=O) groups is 4. The molecule has 1 aromatic carbocycles. The predicted molar refractivity (Wildman–Crippen MR) is 204 cm³/mol. The van der Waals surface area contributed by atoms with Gasteiger partial charge in [-0.05, 0) is 83.6 Å². The Hall–Kier alpha value is -3.58. The second kappa shape index (κ2) is 16.4. The molecule has 4 fully saturated rings. The Bertz CT molecular complexity index is 1730. The summed E-state index contributed by atoms with van der Waals surface area (Å²) in [6, 6.07) is 11.4. The van der Waals surface area contributed by atoms with Gasteiger partial charge in [-0.3, -0.25) is 44.1 Å². The molecule has 13 nitrogen and oxygen atoms in total. The van der Waals surface area contributed by atoms with Gasteiger partial charge in [-0.2, -0.15) is 5.26 Å². The van der Waals surface area contributed by atoms with Gasteiger partial charge in [0.25, 0.3) is 0 Å². The molecule has 4 atom stereocenters. The highest BCUT2D eigenvalue weighted by molar-refractivity contribution is 7.81. The number of benzene rings is 1. The van der Waals surface area contributed by atoms with Crippen LogP contribution < -0.4 is 15.5 Å². The SMILES string of the molecule is C[C@@H]1CN(CCOC2CCC(N3C(S)N(c4cnc(C#N)c(Cl)c4)C(=O)C3(C)C)CC2)C[C@H](C)N1CC(=O)Nc1ccc(C2CCC(=O)NC2=O)cc1. The van der Waals surface area contributed by atoms with Crippen LogP contribution in [0.5, 0.6) is 0 Å². The van der Waals surface area contributed by atoms with Gasteiger partial charge in [-0.1, -0.05) is 23.7 Å². The third-order valence-electron chi connectivity index (χ3n) is 11.2. The maximum absolute atomic E-state index is 13.6. The van der Waals surface area contributed by atoms with Crippen molar-refractivity contribution in [1.82, 2.24) is 25.0 Å². The van der Waals surface area contributed by atoms with Crippen LogP contribution in [0.15, 0.2) is 36.5 Å². The number of thiol groups is 1. The summed E-state index contributed by atoms with van der Waals surface area (Å²) in [4.78, 5) is 62.9. The number of hydrogen-bond acceptors (Lipinski definition) is 11. The van der Waals surface area contributed by atoms with E-state index in [9.17, 15) is 24.4 Å². The van der Waals surface area contributed by atoms with Crippen LogP contribution in [0.1, 0.15) is 83.4 Å². The number of anilines is 2. The summed E-state index contributed by atoms with van der Waals surface area (Å²) in [7, 11) is 0. The van der Waals surface area contributed by atoms with Crippen LogP contribution in [0.3, 0.4) is 0 Å². The van der Waals surface area contributed by atoms with Gasteiger partial charge in [0.05, 0.1) is 47.6 Å². The number of hydrogen-bond donors (Lipinski definition) is 3. The number of carbonyl (C=O) groups excluding carboxylic acids is 4. The maximum atomic E-state index is 13.6. The first-order valence-corrected chi connectivity index (χ1v) is 19.3. The number of nitriles is 1. The highest BCUT2D eigenvalue weighted by atomic mass is 35.5. The molecule has 15 heteroatoms. The molecule has 0 bridgehead atoms. The number of piperazine rings is 1. The average Bonchev–Trinajstić information content (AvgIpc) is 3.29. The number of amides is 4. The molecular weight excluding hydrogens is 716 g/mol. The number of nitrogens with zero attached hydrogens (tertiary/aromatic N) is 6. The number of pyridine rings is 1. The zero-order chi connectivity index (χ0) is 38.0. The van der Waals surface area contributed by atoms with E-state index in [-0.39, 0.29) is 71.0 Å². The van der Waals surface area contributed by atoms with E-state index < -0.39 is 11.0 Å². The smallest absolute Gasteiger partial charge is 0.249 e. The van der Waals surface area contributed by atoms with Crippen LogP contribution in [0, 0.1) is 11.3 Å². The van der Waals surface area contributed by atoms with Crippen molar-refractivity contribution in [1.29, 1.82) is 5.26 Å². The molecule has 53 heavy (non-hydrogen) atoms. The molecule has 4 amide bonds. The van der Waals surface area contributed by atoms with Crippen molar-refractivity contribution in [2.75, 3.05) is 43.0 Å². The number of aromatic nitrogens is 1. The molecule has 2 N–H and O–H groups in total. The molecule has 1 aromatic heterocycles. The second-order valence-corrected chi connectivity index (χ2v) is 16.1. The monoisotopic (exact) mass is 764 g/mol. The van der Waals surface area contributed by atoms with E-state index in [0.29, 0.717) is 30.8 Å². The molecule has 2 unspecified atom stereocenters. The first kappa shape index (κ1) is 39.1. The largest absolute Gasteiger partial charge is 0.377 e. The number of piperidine rings is 1. The number of imide groups is 1. The summed E-state index contributed by atoms with van der Waals surface area (Å²) in [5, 5.41) is 14.8. The standard InChI is InChI=1S/C38H49ClN8O5S/c1-23-20-44(21-24(2)45(23)22-34(49)42-26-7-5-25(6-8-26)30-13-14-33(48)43-35(30)50)15-16-52-29-11-9-27(10-12-29)47-37(53)46(36(51)38(47,3)4)28-17-31(39)32(18-40)41-19-28/h5-8,17,19,23-24,27,29-30,37,53H,9-16,20-22H2,1-4H3,(H,42,49)(H,43,48,50)/t23-,24+,27?,29?,30?,37?. The average molecular weight is 765 g/mol. The van der Waals surface area contributed by atoms with Crippen molar-refractivity contribution in [2.45, 2.75) is 107 Å². The van der Waals surface area contributed by atoms with E-state index >= 15 is 0 Å². The minimum Gasteiger partial charge on any atom is -0.377 e. The number of nitrogens with one attached hydrogen (secondary N) is 2. The Balaban J connectivity index is 0.924. The lowest BCUT2D eigenvalue weighted by atomic mass is 9.89. The van der Waals surface area contributed by atoms with Gasteiger partial charge in [-0.25, -0.2) is 4.98 Å². The minimum absolute atomic E-state index is 0.0824. The third kappa shape index (κ3) is 8.56. The molecule has 0 spiro atoms. The van der Waals surface area contributed by atoms with E-state index in [1.54, 1.807) is 23.1 Å². The van der Waals surface area contributed by atoms with Gasteiger partial charge in [0.15, 0.2) is 5.69 Å². The van der Waals surface area contributed by atoms with Gasteiger partial charge >= 0.3 is 0 Å². The summed E-state index contributed by atoms with van der Waals surface area (Å²) in [6.07, 6.45) is 6.03. The Morgan fingerprint density at radius 1 is 1.09 bits per heavy atom. The Morgan fingerprint density at radius 2 is 1.77 bits per heavy atom. The highest BCUT2D eigenvalue weighted by Crippen LogP contribution is 2.42. The van der Waals surface area contributed by atoms with Gasteiger partial charge < -0.3 is 10.1 Å². The fraction of sp³-hybridized carbons (Fsp3) is 0.579. The second-order valence-electron chi connectivity index (χ2n) is 15.2. The lowest BCUT2D eigenvalue weighted by Crippen LogP contribution is -2.58. The highest BCUT2D eigenvalue weighted by Gasteiger charge is 2.54. The number of ether oxygens (including phenoxy) is 1. The quantitative estimate of drug-likeness (QED) is 0.238. The van der Waals surface area contributed by atoms with Crippen LogP contribution >= 0.6 is 24.2 Å². The topological polar surface area (TPSA) is 151 Å². The maximum Gasteiger partial charge on any atom is 0.249 e. The van der Waals surface area contributed by atoms with Crippen molar-refractivity contribution in [3.8, 4) is 6.07 Å². The van der Waals surface area contributed by atoms with Crippen molar-refractivity contribution in [3.63, 3.8) is 0 Å². The van der Waals surface area contributed by atoms with E-state index in [2.05, 4.69) is 44.2 Å². The van der Waals surface area contributed by atoms with Crippen molar-refractivity contribution >= 4 is 59.2 Å². The van der Waals surface area contributed by atoms with Crippen molar-refractivity contribution < 1.29 is 23.9 Å². The van der Waals surface area contributed by atoms with Crippen molar-refractivity contribution in [3.05, 3.63) is 52.8 Å². The molecule has 0 radical (unpaired) electrons. The van der Waals surface area contributed by atoms with Crippen LogP contribution in [-0.4, -0.2) is 111 Å². The zero-order valence-electron chi connectivity index (χ0n) is 30.8. The van der Waals surface area contributed by atoms with E-state index in [1.807, 2.05) is 32.0 Å². The Labute approximate surface area is 321 Å². The normalized spacial score (nSPS) is 28.5. The van der Waals surface area contributed by atoms with E-state index in [1.165, 1.54) is 6.20 Å².